The molecule has 7 nitrogen and oxygen atoms in total. The lowest BCUT2D eigenvalue weighted by Crippen LogP contribution is -2.38. The summed E-state index contributed by atoms with van der Waals surface area (Å²) >= 11 is 1.32. The molecule has 1 aliphatic heterocycles. The molecule has 7 rings (SSSR count). The van der Waals surface area contributed by atoms with Gasteiger partial charge in [0, 0.05) is 23.3 Å². The number of fused-ring (bicyclic) bond motifs is 3. The quantitative estimate of drug-likeness (QED) is 0.190. The molecule has 8 heteroatoms. The lowest BCUT2D eigenvalue weighted by atomic mass is 9.83. The summed E-state index contributed by atoms with van der Waals surface area (Å²) in [5.41, 5.74) is 6.47. The van der Waals surface area contributed by atoms with Crippen LogP contribution in [0.3, 0.4) is 0 Å². The SMILES string of the molecule is O=c1/c(=C\c2ccccc2OCc2ccccc2)sc2n1C(c1cccc([N+](=O)[O-])c1)C1=C(N=2)c2ccccc2CC1. The number of ether oxygens (including phenoxy) is 1. The Bertz CT molecular complexity index is 2060. The van der Waals surface area contributed by atoms with Gasteiger partial charge in [0.05, 0.1) is 21.2 Å². The monoisotopic (exact) mass is 571 g/mol. The van der Waals surface area contributed by atoms with Crippen LogP contribution in [0.2, 0.25) is 0 Å². The van der Waals surface area contributed by atoms with Crippen LogP contribution in [0.15, 0.2) is 118 Å². The normalized spacial score (nSPS) is 15.8. The van der Waals surface area contributed by atoms with E-state index < -0.39 is 11.0 Å². The van der Waals surface area contributed by atoms with E-state index in [-0.39, 0.29) is 11.2 Å². The predicted molar refractivity (Wildman–Crippen MR) is 163 cm³/mol. The van der Waals surface area contributed by atoms with E-state index >= 15 is 0 Å². The van der Waals surface area contributed by atoms with E-state index in [0.717, 1.165) is 34.4 Å². The van der Waals surface area contributed by atoms with Crippen molar-refractivity contribution in [3.8, 4) is 5.75 Å². The van der Waals surface area contributed by atoms with Gasteiger partial charge < -0.3 is 4.74 Å². The molecule has 1 aromatic heterocycles. The van der Waals surface area contributed by atoms with E-state index in [9.17, 15) is 14.9 Å². The molecule has 5 aromatic rings. The summed E-state index contributed by atoms with van der Waals surface area (Å²) in [7, 11) is 0. The van der Waals surface area contributed by atoms with E-state index in [0.29, 0.717) is 33.7 Å². The fourth-order valence-electron chi connectivity index (χ4n) is 5.74. The van der Waals surface area contributed by atoms with Gasteiger partial charge in [-0.25, -0.2) is 4.99 Å². The van der Waals surface area contributed by atoms with Crippen molar-refractivity contribution in [1.29, 1.82) is 0 Å². The van der Waals surface area contributed by atoms with Crippen LogP contribution >= 0.6 is 11.3 Å². The van der Waals surface area contributed by atoms with Crippen molar-refractivity contribution in [3.05, 3.63) is 166 Å². The Morgan fingerprint density at radius 1 is 0.952 bits per heavy atom. The van der Waals surface area contributed by atoms with Crippen LogP contribution in [0.25, 0.3) is 11.8 Å². The third kappa shape index (κ3) is 4.65. The van der Waals surface area contributed by atoms with Gasteiger partial charge in [0.2, 0.25) is 0 Å². The summed E-state index contributed by atoms with van der Waals surface area (Å²) in [6, 6.07) is 31.9. The number of hydrogen-bond donors (Lipinski definition) is 0. The molecule has 0 fully saturated rings. The fourth-order valence-corrected chi connectivity index (χ4v) is 6.73. The molecular weight excluding hydrogens is 546 g/mol. The van der Waals surface area contributed by atoms with Crippen molar-refractivity contribution in [3.63, 3.8) is 0 Å². The zero-order valence-electron chi connectivity index (χ0n) is 22.5. The van der Waals surface area contributed by atoms with Gasteiger partial charge in [-0.05, 0) is 47.2 Å². The van der Waals surface area contributed by atoms with Crippen LogP contribution in [0, 0.1) is 10.1 Å². The predicted octanol–water partition coefficient (Wildman–Crippen LogP) is 5.81. The molecule has 0 spiro atoms. The van der Waals surface area contributed by atoms with Crippen LogP contribution in [0.4, 0.5) is 5.69 Å². The average molecular weight is 572 g/mol. The molecule has 0 amide bonds. The molecular formula is C34H25N3O4S. The minimum Gasteiger partial charge on any atom is -0.488 e. The van der Waals surface area contributed by atoms with E-state index in [4.69, 9.17) is 9.73 Å². The Labute approximate surface area is 245 Å². The highest BCUT2D eigenvalue weighted by molar-refractivity contribution is 7.07. The number of nitrogens with zero attached hydrogens (tertiary/aromatic N) is 3. The van der Waals surface area contributed by atoms with Gasteiger partial charge in [0.1, 0.15) is 12.4 Å². The number of aryl methyl sites for hydroxylation is 1. The highest BCUT2D eigenvalue weighted by atomic mass is 32.1. The lowest BCUT2D eigenvalue weighted by Gasteiger charge is -2.30. The molecule has 0 N–H and O–H groups in total. The first-order valence-electron chi connectivity index (χ1n) is 13.7. The second kappa shape index (κ2) is 10.7. The maximum absolute atomic E-state index is 14.1. The number of aromatic nitrogens is 1. The van der Waals surface area contributed by atoms with E-state index in [1.54, 1.807) is 16.7 Å². The highest BCUT2D eigenvalue weighted by Gasteiger charge is 2.33. The Balaban J connectivity index is 1.38. The van der Waals surface area contributed by atoms with Crippen molar-refractivity contribution >= 4 is 28.8 Å². The molecule has 1 atom stereocenters. The molecule has 0 saturated carbocycles. The highest BCUT2D eigenvalue weighted by Crippen LogP contribution is 2.41. The number of allylic oxidation sites excluding steroid dienone is 1. The zero-order chi connectivity index (χ0) is 28.6. The molecule has 0 radical (unpaired) electrons. The second-order valence-electron chi connectivity index (χ2n) is 10.3. The number of non-ortho nitro benzene ring substituents is 1. The van der Waals surface area contributed by atoms with Gasteiger partial charge in [0.25, 0.3) is 11.2 Å². The maximum Gasteiger partial charge on any atom is 0.271 e. The van der Waals surface area contributed by atoms with Crippen molar-refractivity contribution in [2.75, 3.05) is 0 Å². The Morgan fingerprint density at radius 3 is 2.60 bits per heavy atom. The van der Waals surface area contributed by atoms with Crippen LogP contribution in [0.5, 0.6) is 5.75 Å². The maximum atomic E-state index is 14.1. The van der Waals surface area contributed by atoms with E-state index in [2.05, 4.69) is 12.1 Å². The Morgan fingerprint density at radius 2 is 1.74 bits per heavy atom. The van der Waals surface area contributed by atoms with Crippen LogP contribution in [-0.4, -0.2) is 9.49 Å². The van der Waals surface area contributed by atoms with E-state index in [1.807, 2.05) is 78.9 Å². The van der Waals surface area contributed by atoms with Crippen molar-refractivity contribution in [2.24, 2.45) is 4.99 Å². The standard InChI is InChI=1S/C34H25N3O4S/c38-33-30(20-24-12-5-7-16-29(24)41-21-22-9-2-1-3-10-22)42-34-35-31-27-15-6-4-11-23(27)17-18-28(31)32(36(33)34)25-13-8-14-26(19-25)37(39)40/h1-16,19-20,32H,17-18,21H2/b30-20+. The number of hydrogen-bond acceptors (Lipinski definition) is 6. The molecule has 1 unspecified atom stereocenters. The number of thiazole rings is 1. The number of para-hydroxylation sites is 1. The Kier molecular flexibility index (Phi) is 6.60. The van der Waals surface area contributed by atoms with Crippen molar-refractivity contribution < 1.29 is 9.66 Å². The summed E-state index contributed by atoms with van der Waals surface area (Å²) in [5, 5.41) is 11.7. The number of nitro benzene ring substituents is 1. The first-order valence-corrected chi connectivity index (χ1v) is 14.5. The zero-order valence-corrected chi connectivity index (χ0v) is 23.3. The molecule has 0 bridgehead atoms. The van der Waals surface area contributed by atoms with Crippen LogP contribution < -0.4 is 19.6 Å². The van der Waals surface area contributed by atoms with Crippen molar-refractivity contribution in [2.45, 2.75) is 25.5 Å². The summed E-state index contributed by atoms with van der Waals surface area (Å²) in [4.78, 5) is 31.0. The fraction of sp³-hybridized carbons (Fsp3) is 0.118. The first kappa shape index (κ1) is 25.9. The summed E-state index contributed by atoms with van der Waals surface area (Å²) in [6.45, 7) is 0.409. The van der Waals surface area contributed by atoms with Gasteiger partial charge >= 0.3 is 0 Å². The van der Waals surface area contributed by atoms with Gasteiger partial charge in [-0.2, -0.15) is 0 Å². The summed E-state index contributed by atoms with van der Waals surface area (Å²) < 4.78 is 8.37. The average Bonchev–Trinajstić information content (AvgIpc) is 3.34. The second-order valence-corrected chi connectivity index (χ2v) is 11.3. The number of benzene rings is 4. The molecule has 42 heavy (non-hydrogen) atoms. The summed E-state index contributed by atoms with van der Waals surface area (Å²) in [5.74, 6) is 0.677. The van der Waals surface area contributed by atoms with E-state index in [1.165, 1.54) is 23.0 Å². The lowest BCUT2D eigenvalue weighted by molar-refractivity contribution is -0.384. The van der Waals surface area contributed by atoms with Crippen molar-refractivity contribution in [1.82, 2.24) is 4.57 Å². The topological polar surface area (TPSA) is 86.7 Å². The molecule has 2 heterocycles. The molecule has 1 aliphatic carbocycles. The van der Waals surface area contributed by atoms with Gasteiger partial charge in [-0.15, -0.1) is 0 Å². The minimum atomic E-state index is -0.490. The van der Waals surface area contributed by atoms with Gasteiger partial charge in [-0.1, -0.05) is 96.3 Å². The molecule has 2 aliphatic rings. The Hall–Kier alpha value is -5.08. The van der Waals surface area contributed by atoms with Gasteiger partial charge in [0.15, 0.2) is 4.80 Å². The third-order valence-corrected chi connectivity index (χ3v) is 8.70. The smallest absolute Gasteiger partial charge is 0.271 e. The number of rotatable bonds is 6. The van der Waals surface area contributed by atoms with Crippen LogP contribution in [0.1, 0.15) is 40.3 Å². The van der Waals surface area contributed by atoms with Gasteiger partial charge in [-0.3, -0.25) is 19.5 Å². The third-order valence-electron chi connectivity index (χ3n) is 7.71. The number of nitro groups is 1. The van der Waals surface area contributed by atoms with Crippen LogP contribution in [-0.2, 0) is 13.0 Å². The molecule has 206 valence electrons. The first-order chi connectivity index (χ1) is 20.6. The largest absolute Gasteiger partial charge is 0.488 e. The molecule has 4 aromatic carbocycles. The minimum absolute atomic E-state index is 0.00511. The summed E-state index contributed by atoms with van der Waals surface area (Å²) in [6.07, 6.45) is 3.38. The molecule has 0 saturated heterocycles.